The summed E-state index contributed by atoms with van der Waals surface area (Å²) in [4.78, 5) is 18.4. The van der Waals surface area contributed by atoms with Gasteiger partial charge in [0.2, 0.25) is 11.7 Å². The summed E-state index contributed by atoms with van der Waals surface area (Å²) >= 11 is 0. The van der Waals surface area contributed by atoms with Crippen molar-refractivity contribution >= 4 is 28.3 Å². The molecule has 3 aromatic rings. The monoisotopic (exact) mass is 402 g/mol. The van der Waals surface area contributed by atoms with Crippen molar-refractivity contribution in [3.05, 3.63) is 53.3 Å². The third-order valence-electron chi connectivity index (χ3n) is 5.18. The Morgan fingerprint density at radius 1 is 1.21 bits per heavy atom. The van der Waals surface area contributed by atoms with Crippen LogP contribution in [0.4, 0.5) is 24.5 Å². The fourth-order valence-corrected chi connectivity index (χ4v) is 3.79. The van der Waals surface area contributed by atoms with Gasteiger partial charge < -0.3 is 14.8 Å². The number of amides is 1. The van der Waals surface area contributed by atoms with Crippen LogP contribution in [-0.2, 0) is 23.9 Å². The number of rotatable bonds is 3. The molecule has 0 fully saturated rings. The van der Waals surface area contributed by atoms with Crippen LogP contribution < -0.4 is 10.2 Å². The lowest BCUT2D eigenvalue weighted by atomic mass is 10.0. The van der Waals surface area contributed by atoms with E-state index in [9.17, 15) is 18.0 Å². The van der Waals surface area contributed by atoms with Gasteiger partial charge in [-0.3, -0.25) is 4.79 Å². The predicted molar refractivity (Wildman–Crippen MR) is 106 cm³/mol. The lowest BCUT2D eigenvalue weighted by molar-refractivity contribution is -0.147. The Hall–Kier alpha value is -3.03. The molecule has 0 bridgehead atoms. The van der Waals surface area contributed by atoms with E-state index < -0.39 is 24.5 Å². The van der Waals surface area contributed by atoms with Crippen LogP contribution in [-0.4, -0.2) is 29.1 Å². The van der Waals surface area contributed by atoms with Crippen molar-refractivity contribution in [3.8, 4) is 0 Å². The standard InChI is InChI=1S/C21H21F3N4O/c1-13-5-8-16-18(10-13)28(20(26-16)21(22,23)24)12-19(29)25-15-7-6-14-4-3-9-27(2)17(14)11-15/h5-8,10-11H,3-4,9,12H2,1-2H3,(H,25,29). The molecular weight excluding hydrogens is 381 g/mol. The molecule has 152 valence electrons. The molecule has 2 heterocycles. The van der Waals surface area contributed by atoms with Gasteiger partial charge in [-0.05, 0) is 55.2 Å². The highest BCUT2D eigenvalue weighted by atomic mass is 19.4. The summed E-state index contributed by atoms with van der Waals surface area (Å²) in [6.07, 6.45) is -2.60. The Morgan fingerprint density at radius 2 is 2.00 bits per heavy atom. The normalized spacial score (nSPS) is 14.2. The summed E-state index contributed by atoms with van der Waals surface area (Å²) in [6, 6.07) is 10.5. The quantitative estimate of drug-likeness (QED) is 0.707. The van der Waals surface area contributed by atoms with Crippen molar-refractivity contribution < 1.29 is 18.0 Å². The van der Waals surface area contributed by atoms with Crippen molar-refractivity contribution in [3.63, 3.8) is 0 Å². The summed E-state index contributed by atoms with van der Waals surface area (Å²) in [5.74, 6) is -1.60. The maximum absolute atomic E-state index is 13.5. The Bertz CT molecular complexity index is 1090. The van der Waals surface area contributed by atoms with Crippen molar-refractivity contribution in [2.45, 2.75) is 32.5 Å². The zero-order valence-corrected chi connectivity index (χ0v) is 16.2. The fraction of sp³-hybridized carbons (Fsp3) is 0.333. The van der Waals surface area contributed by atoms with Gasteiger partial charge in [-0.1, -0.05) is 12.1 Å². The van der Waals surface area contributed by atoms with Crippen molar-refractivity contribution in [2.24, 2.45) is 0 Å². The molecule has 1 aliphatic heterocycles. The van der Waals surface area contributed by atoms with Crippen LogP contribution in [0, 0.1) is 6.92 Å². The van der Waals surface area contributed by atoms with Gasteiger partial charge in [-0.15, -0.1) is 0 Å². The lowest BCUT2D eigenvalue weighted by Crippen LogP contribution is -2.26. The van der Waals surface area contributed by atoms with E-state index in [0.717, 1.165) is 35.2 Å². The van der Waals surface area contributed by atoms with Crippen molar-refractivity contribution in [2.75, 3.05) is 23.8 Å². The third kappa shape index (κ3) is 3.79. The van der Waals surface area contributed by atoms with Gasteiger partial charge in [-0.25, -0.2) is 4.98 Å². The number of aryl methyl sites for hydroxylation is 2. The molecule has 0 saturated heterocycles. The first-order chi connectivity index (χ1) is 13.7. The van der Waals surface area contributed by atoms with Gasteiger partial charge in [-0.2, -0.15) is 13.2 Å². The Balaban J connectivity index is 1.63. The van der Waals surface area contributed by atoms with Gasteiger partial charge in [0, 0.05) is 25.0 Å². The molecule has 1 aliphatic rings. The van der Waals surface area contributed by atoms with E-state index in [4.69, 9.17) is 0 Å². The SMILES string of the molecule is Cc1ccc2nc(C(F)(F)F)n(CC(=O)Nc3ccc4c(c3)N(C)CCC4)c2c1. The number of hydrogen-bond donors (Lipinski definition) is 1. The molecule has 0 aliphatic carbocycles. The minimum absolute atomic E-state index is 0.214. The first-order valence-electron chi connectivity index (χ1n) is 9.40. The summed E-state index contributed by atoms with van der Waals surface area (Å²) < 4.78 is 41.4. The molecule has 0 atom stereocenters. The number of imidazole rings is 1. The van der Waals surface area contributed by atoms with Crippen molar-refractivity contribution in [1.29, 1.82) is 0 Å². The molecule has 1 N–H and O–H groups in total. The van der Waals surface area contributed by atoms with E-state index in [1.165, 1.54) is 11.6 Å². The highest BCUT2D eigenvalue weighted by Gasteiger charge is 2.38. The smallest absolute Gasteiger partial charge is 0.374 e. The highest BCUT2D eigenvalue weighted by Crippen LogP contribution is 2.32. The fourth-order valence-electron chi connectivity index (χ4n) is 3.79. The van der Waals surface area contributed by atoms with Crippen LogP contribution in [0.15, 0.2) is 36.4 Å². The number of carbonyl (C=O) groups is 1. The summed E-state index contributed by atoms with van der Waals surface area (Å²) in [5.41, 5.74) is 4.10. The van der Waals surface area contributed by atoms with E-state index in [0.29, 0.717) is 5.69 Å². The molecule has 1 amide bonds. The van der Waals surface area contributed by atoms with E-state index >= 15 is 0 Å². The number of hydrogen-bond acceptors (Lipinski definition) is 3. The first-order valence-corrected chi connectivity index (χ1v) is 9.40. The van der Waals surface area contributed by atoms with Crippen LogP contribution in [0.25, 0.3) is 11.0 Å². The average Bonchev–Trinajstić information content (AvgIpc) is 3.00. The molecule has 1 aromatic heterocycles. The van der Waals surface area contributed by atoms with Gasteiger partial charge in [0.1, 0.15) is 6.54 Å². The molecule has 0 unspecified atom stereocenters. The number of anilines is 2. The second-order valence-electron chi connectivity index (χ2n) is 7.43. The molecule has 0 radical (unpaired) electrons. The zero-order valence-electron chi connectivity index (χ0n) is 16.2. The van der Waals surface area contributed by atoms with Crippen LogP contribution in [0.1, 0.15) is 23.4 Å². The number of aromatic nitrogens is 2. The molecular formula is C21H21F3N4O. The van der Waals surface area contributed by atoms with Crippen LogP contribution in [0.3, 0.4) is 0 Å². The maximum atomic E-state index is 13.5. The molecule has 4 rings (SSSR count). The first kappa shape index (κ1) is 19.3. The number of benzene rings is 2. The molecule has 2 aromatic carbocycles. The van der Waals surface area contributed by atoms with E-state index in [2.05, 4.69) is 15.2 Å². The minimum Gasteiger partial charge on any atom is -0.374 e. The van der Waals surface area contributed by atoms with Gasteiger partial charge >= 0.3 is 6.18 Å². The Morgan fingerprint density at radius 3 is 2.76 bits per heavy atom. The predicted octanol–water partition coefficient (Wildman–Crippen LogP) is 4.38. The number of fused-ring (bicyclic) bond motifs is 2. The van der Waals surface area contributed by atoms with Gasteiger partial charge in [0.05, 0.1) is 11.0 Å². The summed E-state index contributed by atoms with van der Waals surface area (Å²) in [5, 5.41) is 2.73. The second-order valence-corrected chi connectivity index (χ2v) is 7.43. The second kappa shape index (κ2) is 7.09. The maximum Gasteiger partial charge on any atom is 0.449 e. The number of nitrogens with zero attached hydrogens (tertiary/aromatic N) is 3. The largest absolute Gasteiger partial charge is 0.449 e. The molecule has 8 heteroatoms. The summed E-state index contributed by atoms with van der Waals surface area (Å²) in [7, 11) is 1.99. The van der Waals surface area contributed by atoms with E-state index in [1.54, 1.807) is 25.1 Å². The summed E-state index contributed by atoms with van der Waals surface area (Å²) in [6.45, 7) is 2.25. The average molecular weight is 402 g/mol. The Kier molecular flexibility index (Phi) is 4.72. The number of carbonyl (C=O) groups excluding carboxylic acids is 1. The third-order valence-corrected chi connectivity index (χ3v) is 5.18. The zero-order chi connectivity index (χ0) is 20.8. The van der Waals surface area contributed by atoms with E-state index in [1.807, 2.05) is 19.2 Å². The van der Waals surface area contributed by atoms with Crippen LogP contribution in [0.2, 0.25) is 0 Å². The number of nitrogens with one attached hydrogen (secondary N) is 1. The van der Waals surface area contributed by atoms with Crippen LogP contribution >= 0.6 is 0 Å². The van der Waals surface area contributed by atoms with Crippen molar-refractivity contribution in [1.82, 2.24) is 9.55 Å². The number of alkyl halides is 3. The molecule has 0 saturated carbocycles. The van der Waals surface area contributed by atoms with Gasteiger partial charge in [0.15, 0.2) is 0 Å². The number of halogens is 3. The van der Waals surface area contributed by atoms with Crippen LogP contribution in [0.5, 0.6) is 0 Å². The lowest BCUT2D eigenvalue weighted by Gasteiger charge is -2.28. The van der Waals surface area contributed by atoms with Gasteiger partial charge in [0.25, 0.3) is 0 Å². The molecule has 0 spiro atoms. The Labute approximate surface area is 166 Å². The topological polar surface area (TPSA) is 50.2 Å². The van der Waals surface area contributed by atoms with E-state index in [-0.39, 0.29) is 11.0 Å². The highest BCUT2D eigenvalue weighted by molar-refractivity contribution is 5.92. The molecule has 29 heavy (non-hydrogen) atoms. The molecule has 5 nitrogen and oxygen atoms in total. The minimum atomic E-state index is -4.65.